The predicted octanol–water partition coefficient (Wildman–Crippen LogP) is 5.31. The van der Waals surface area contributed by atoms with Crippen LogP contribution in [0.3, 0.4) is 0 Å². The van der Waals surface area contributed by atoms with E-state index < -0.39 is 18.6 Å². The van der Waals surface area contributed by atoms with E-state index in [0.717, 1.165) is 5.56 Å². The van der Waals surface area contributed by atoms with Crippen molar-refractivity contribution in [3.05, 3.63) is 28.8 Å². The maximum atomic E-state index is 13.4. The van der Waals surface area contributed by atoms with Crippen molar-refractivity contribution in [1.29, 1.82) is 0 Å². The molecule has 1 heterocycles. The van der Waals surface area contributed by atoms with Crippen LogP contribution in [0.1, 0.15) is 70.7 Å². The lowest BCUT2D eigenvalue weighted by Gasteiger charge is -2.37. The summed E-state index contributed by atoms with van der Waals surface area (Å²) < 4.78 is 40.3. The van der Waals surface area contributed by atoms with Crippen LogP contribution in [0.5, 0.6) is 5.75 Å². The predicted molar refractivity (Wildman–Crippen MR) is 111 cm³/mol. The summed E-state index contributed by atoms with van der Waals surface area (Å²) in [5.74, 6) is 0.00304. The first-order valence-electron chi connectivity index (χ1n) is 9.59. The van der Waals surface area contributed by atoms with Crippen molar-refractivity contribution in [3.8, 4) is 5.75 Å². The molecule has 0 unspecified atom stereocenters. The van der Waals surface area contributed by atoms with Gasteiger partial charge >= 0.3 is 6.18 Å². The molecule has 0 saturated carbocycles. The van der Waals surface area contributed by atoms with E-state index in [0.29, 0.717) is 37.3 Å². The minimum Gasteiger partial charge on any atom is -0.507 e. The van der Waals surface area contributed by atoms with Crippen LogP contribution in [-0.4, -0.2) is 42.4 Å². The number of benzene rings is 1. The molecule has 7 heteroatoms. The van der Waals surface area contributed by atoms with Gasteiger partial charge in [0.05, 0.1) is 6.42 Å². The third-order valence-corrected chi connectivity index (χ3v) is 5.19. The van der Waals surface area contributed by atoms with Crippen LogP contribution in [0.4, 0.5) is 13.2 Å². The summed E-state index contributed by atoms with van der Waals surface area (Å²) in [5.41, 5.74) is 1.45. The Morgan fingerprint density at radius 3 is 1.96 bits per heavy atom. The Balaban J connectivity index is 0.00000392. The lowest BCUT2D eigenvalue weighted by molar-refractivity contribution is -0.148. The van der Waals surface area contributed by atoms with Gasteiger partial charge in [-0.1, -0.05) is 47.6 Å². The van der Waals surface area contributed by atoms with Gasteiger partial charge in [-0.25, -0.2) is 0 Å². The van der Waals surface area contributed by atoms with Gasteiger partial charge in [0.25, 0.3) is 0 Å². The van der Waals surface area contributed by atoms with Crippen molar-refractivity contribution in [2.24, 2.45) is 0 Å². The van der Waals surface area contributed by atoms with Crippen LogP contribution in [-0.2, 0) is 10.8 Å². The number of hydrogen-bond acceptors (Lipinski definition) is 3. The molecule has 2 rings (SSSR count). The molecule has 0 aromatic heterocycles. The molecule has 3 nitrogen and oxygen atoms in total. The molecule has 1 atom stereocenters. The third-order valence-electron chi connectivity index (χ3n) is 5.19. The lowest BCUT2D eigenvalue weighted by Crippen LogP contribution is -2.46. The Morgan fingerprint density at radius 2 is 1.54 bits per heavy atom. The molecule has 162 valence electrons. The fraction of sp³-hybridized carbons (Fsp3) is 0.714. The van der Waals surface area contributed by atoms with E-state index in [1.807, 2.05) is 52.5 Å². The van der Waals surface area contributed by atoms with Gasteiger partial charge in [0, 0.05) is 37.8 Å². The fourth-order valence-corrected chi connectivity index (χ4v) is 3.56. The highest BCUT2D eigenvalue weighted by molar-refractivity contribution is 5.85. The van der Waals surface area contributed by atoms with Crippen molar-refractivity contribution in [3.63, 3.8) is 0 Å². The summed E-state index contributed by atoms with van der Waals surface area (Å²) >= 11 is 0. The maximum absolute atomic E-state index is 13.4. The Labute approximate surface area is 173 Å². The number of phenolic OH excluding ortho intramolecular Hbond substituents is 1. The molecule has 2 N–H and O–H groups in total. The summed E-state index contributed by atoms with van der Waals surface area (Å²) in [7, 11) is 0. The van der Waals surface area contributed by atoms with Crippen LogP contribution in [0.2, 0.25) is 0 Å². The maximum Gasteiger partial charge on any atom is 0.390 e. The third kappa shape index (κ3) is 6.26. The zero-order valence-electron chi connectivity index (χ0n) is 17.7. The zero-order valence-corrected chi connectivity index (χ0v) is 18.5. The van der Waals surface area contributed by atoms with E-state index in [1.54, 1.807) is 6.07 Å². The number of nitrogens with zero attached hydrogens (tertiary/aromatic N) is 1. The van der Waals surface area contributed by atoms with E-state index >= 15 is 0 Å². The quantitative estimate of drug-likeness (QED) is 0.693. The lowest BCUT2D eigenvalue weighted by atomic mass is 9.77. The van der Waals surface area contributed by atoms with Gasteiger partial charge in [0.2, 0.25) is 0 Å². The Hall–Kier alpha value is -0.980. The van der Waals surface area contributed by atoms with E-state index in [-0.39, 0.29) is 29.0 Å². The Bertz CT molecular complexity index is 657. The second-order valence-electron chi connectivity index (χ2n) is 9.58. The van der Waals surface area contributed by atoms with E-state index in [9.17, 15) is 18.3 Å². The molecule has 1 saturated heterocycles. The van der Waals surface area contributed by atoms with Gasteiger partial charge in [-0.2, -0.15) is 13.2 Å². The molecule has 1 fully saturated rings. The summed E-state index contributed by atoms with van der Waals surface area (Å²) in [4.78, 5) is 1.85. The highest BCUT2D eigenvalue weighted by Crippen LogP contribution is 2.44. The molecule has 0 amide bonds. The SMILES string of the molecule is CC(C)(C)c1cc([C@H](CC(F)(F)F)N2CCNCC2)c(O)c(C(C)(C)C)c1.Cl. The average Bonchev–Trinajstić information content (AvgIpc) is 2.51. The molecular weight excluding hydrogens is 389 g/mol. The molecular formula is C21H34ClF3N2O. The first-order chi connectivity index (χ1) is 12.2. The minimum atomic E-state index is -4.30. The van der Waals surface area contributed by atoms with Gasteiger partial charge in [-0.15, -0.1) is 12.4 Å². The molecule has 1 aliphatic heterocycles. The number of alkyl halides is 3. The van der Waals surface area contributed by atoms with Gasteiger partial charge in [0.1, 0.15) is 5.75 Å². The molecule has 0 radical (unpaired) electrons. The average molecular weight is 423 g/mol. The number of aromatic hydroxyl groups is 1. The van der Waals surface area contributed by atoms with Crippen LogP contribution < -0.4 is 5.32 Å². The largest absolute Gasteiger partial charge is 0.507 e. The van der Waals surface area contributed by atoms with Crippen LogP contribution >= 0.6 is 12.4 Å². The van der Waals surface area contributed by atoms with Crippen molar-refractivity contribution in [2.45, 2.75) is 71.0 Å². The fourth-order valence-electron chi connectivity index (χ4n) is 3.56. The standard InChI is InChI=1S/C21H33F3N2O.ClH/c1-19(2,3)14-11-15(18(27)16(12-14)20(4,5)6)17(13-21(22,23)24)26-9-7-25-8-10-26;/h11-12,17,25,27H,7-10,13H2,1-6H3;1H/t17-;/m0./s1. The number of phenols is 1. The van der Waals surface area contributed by atoms with Gasteiger partial charge < -0.3 is 10.4 Å². The summed E-state index contributed by atoms with van der Waals surface area (Å²) in [5, 5.41) is 14.2. The van der Waals surface area contributed by atoms with Crippen LogP contribution in [0, 0.1) is 0 Å². The summed E-state index contributed by atoms with van der Waals surface area (Å²) in [6.07, 6.45) is -5.26. The second-order valence-corrected chi connectivity index (χ2v) is 9.58. The first kappa shape index (κ1) is 25.1. The van der Waals surface area contributed by atoms with Gasteiger partial charge in [0.15, 0.2) is 0 Å². The molecule has 0 spiro atoms. The molecule has 1 aliphatic rings. The monoisotopic (exact) mass is 422 g/mol. The Kier molecular flexibility index (Phi) is 7.88. The highest BCUT2D eigenvalue weighted by atomic mass is 35.5. The van der Waals surface area contributed by atoms with E-state index in [2.05, 4.69) is 5.32 Å². The highest BCUT2D eigenvalue weighted by Gasteiger charge is 2.38. The van der Waals surface area contributed by atoms with Gasteiger partial charge in [-0.05, 0) is 28.0 Å². The van der Waals surface area contributed by atoms with Crippen LogP contribution in [0.15, 0.2) is 12.1 Å². The Morgan fingerprint density at radius 1 is 1.00 bits per heavy atom. The number of piperazine rings is 1. The summed E-state index contributed by atoms with van der Waals surface area (Å²) in [6, 6.07) is 2.85. The van der Waals surface area contributed by atoms with Crippen molar-refractivity contribution in [1.82, 2.24) is 10.2 Å². The minimum absolute atomic E-state index is 0. The van der Waals surface area contributed by atoms with Crippen molar-refractivity contribution >= 4 is 12.4 Å². The topological polar surface area (TPSA) is 35.5 Å². The molecule has 1 aromatic rings. The van der Waals surface area contributed by atoms with Gasteiger partial charge in [-0.3, -0.25) is 4.90 Å². The van der Waals surface area contributed by atoms with Crippen LogP contribution in [0.25, 0.3) is 0 Å². The number of rotatable bonds is 3. The molecule has 0 aliphatic carbocycles. The molecule has 1 aromatic carbocycles. The molecule has 28 heavy (non-hydrogen) atoms. The van der Waals surface area contributed by atoms with E-state index in [4.69, 9.17) is 0 Å². The second kappa shape index (κ2) is 8.80. The number of halogens is 4. The van der Waals surface area contributed by atoms with Crippen molar-refractivity contribution < 1.29 is 18.3 Å². The zero-order chi connectivity index (χ0) is 20.6. The normalized spacial score (nSPS) is 17.9. The smallest absolute Gasteiger partial charge is 0.390 e. The first-order valence-corrected chi connectivity index (χ1v) is 9.59. The van der Waals surface area contributed by atoms with Crippen molar-refractivity contribution in [2.75, 3.05) is 26.2 Å². The van der Waals surface area contributed by atoms with E-state index in [1.165, 1.54) is 0 Å². The summed E-state index contributed by atoms with van der Waals surface area (Å²) in [6.45, 7) is 14.4. The number of hydrogen-bond donors (Lipinski definition) is 2. The molecule has 0 bridgehead atoms. The number of nitrogens with one attached hydrogen (secondary N) is 1.